The maximum absolute atomic E-state index is 13.6. The molecule has 2 atom stereocenters. The lowest BCUT2D eigenvalue weighted by atomic mass is 9.71. The molecular formula is C27H27ClN2O6. The van der Waals surface area contributed by atoms with Gasteiger partial charge in [-0.1, -0.05) is 35.9 Å². The standard InChI is InChI=1S/C27H27ClN2O6/c1-3-35-11-12-36-27(32)24-16(2)29-22-14-19(17-7-9-20(28)10-8-17)15-23(31)26(22)25(24)18-5-4-6-21(13-18)30(33)34/h4-10,13,19,25,29H,3,11-12,14-15H2,1-2H3. The van der Waals surface area contributed by atoms with E-state index in [1.54, 1.807) is 31.2 Å². The number of benzene rings is 2. The first-order valence-corrected chi connectivity index (χ1v) is 12.2. The molecule has 0 saturated heterocycles. The third-order valence-corrected chi connectivity index (χ3v) is 6.72. The van der Waals surface area contributed by atoms with Crippen LogP contribution in [0, 0.1) is 10.1 Å². The van der Waals surface area contributed by atoms with Gasteiger partial charge in [0.2, 0.25) is 0 Å². The molecule has 1 aliphatic carbocycles. The molecule has 36 heavy (non-hydrogen) atoms. The van der Waals surface area contributed by atoms with Gasteiger partial charge in [0.1, 0.15) is 6.61 Å². The van der Waals surface area contributed by atoms with E-state index in [0.29, 0.717) is 40.6 Å². The summed E-state index contributed by atoms with van der Waals surface area (Å²) in [6.07, 6.45) is 0.803. The molecule has 0 spiro atoms. The molecule has 1 heterocycles. The molecule has 1 aliphatic heterocycles. The molecule has 0 saturated carbocycles. The minimum absolute atomic E-state index is 0.0562. The van der Waals surface area contributed by atoms with E-state index in [9.17, 15) is 19.7 Å². The Labute approximate surface area is 214 Å². The Balaban J connectivity index is 1.74. The van der Waals surface area contributed by atoms with Crippen molar-refractivity contribution in [2.24, 2.45) is 0 Å². The number of non-ortho nitro benzene ring substituents is 1. The molecule has 0 fully saturated rings. The quantitative estimate of drug-likeness (QED) is 0.225. The minimum Gasteiger partial charge on any atom is -0.460 e. The van der Waals surface area contributed by atoms with E-state index in [0.717, 1.165) is 5.56 Å². The largest absolute Gasteiger partial charge is 0.460 e. The van der Waals surface area contributed by atoms with Crippen LogP contribution in [0.5, 0.6) is 0 Å². The molecule has 2 aromatic rings. The summed E-state index contributed by atoms with van der Waals surface area (Å²) in [6, 6.07) is 13.5. The van der Waals surface area contributed by atoms with Gasteiger partial charge in [-0.3, -0.25) is 14.9 Å². The normalized spacial score (nSPS) is 19.6. The molecule has 4 rings (SSSR count). The SMILES string of the molecule is CCOCCOC(=O)C1=C(C)NC2=C(C(=O)CC(c3ccc(Cl)cc3)C2)C1c1cccc([N+](=O)[O-])c1. The average Bonchev–Trinajstić information content (AvgIpc) is 2.86. The number of nitrogens with zero attached hydrogens (tertiary/aromatic N) is 1. The first-order valence-electron chi connectivity index (χ1n) is 11.8. The molecule has 8 nitrogen and oxygen atoms in total. The number of hydrogen-bond donors (Lipinski definition) is 1. The van der Waals surface area contributed by atoms with E-state index in [1.165, 1.54) is 12.1 Å². The molecule has 0 bridgehead atoms. The number of nitro groups is 1. The lowest BCUT2D eigenvalue weighted by Gasteiger charge is -2.36. The number of nitro benzene ring substituents is 1. The summed E-state index contributed by atoms with van der Waals surface area (Å²) in [5.74, 6) is -1.54. The van der Waals surface area contributed by atoms with Gasteiger partial charge < -0.3 is 14.8 Å². The van der Waals surface area contributed by atoms with Crippen molar-refractivity contribution in [1.82, 2.24) is 5.32 Å². The van der Waals surface area contributed by atoms with Crippen molar-refractivity contribution >= 4 is 29.0 Å². The zero-order valence-electron chi connectivity index (χ0n) is 20.1. The lowest BCUT2D eigenvalue weighted by Crippen LogP contribution is -2.36. The highest BCUT2D eigenvalue weighted by Gasteiger charge is 2.41. The molecule has 2 unspecified atom stereocenters. The number of nitrogens with one attached hydrogen (secondary N) is 1. The maximum atomic E-state index is 13.6. The Hall–Kier alpha value is -3.49. The predicted octanol–water partition coefficient (Wildman–Crippen LogP) is 5.19. The van der Waals surface area contributed by atoms with Crippen LogP contribution < -0.4 is 5.32 Å². The number of allylic oxidation sites excluding steroid dienone is 3. The van der Waals surface area contributed by atoms with E-state index >= 15 is 0 Å². The van der Waals surface area contributed by atoms with Crippen LogP contribution in [-0.2, 0) is 19.1 Å². The van der Waals surface area contributed by atoms with Crippen molar-refractivity contribution in [3.8, 4) is 0 Å². The monoisotopic (exact) mass is 510 g/mol. The summed E-state index contributed by atoms with van der Waals surface area (Å²) in [4.78, 5) is 37.8. The molecule has 0 radical (unpaired) electrons. The van der Waals surface area contributed by atoms with Gasteiger partial charge in [-0.05, 0) is 49.4 Å². The Bertz CT molecular complexity index is 1250. The topological polar surface area (TPSA) is 108 Å². The van der Waals surface area contributed by atoms with Crippen LogP contribution in [0.1, 0.15) is 49.7 Å². The minimum atomic E-state index is -0.778. The van der Waals surface area contributed by atoms with Crippen LogP contribution in [0.25, 0.3) is 0 Å². The average molecular weight is 511 g/mol. The van der Waals surface area contributed by atoms with E-state index in [2.05, 4.69) is 5.32 Å². The van der Waals surface area contributed by atoms with Crippen molar-refractivity contribution in [3.05, 3.63) is 97.3 Å². The van der Waals surface area contributed by atoms with Gasteiger partial charge in [0.15, 0.2) is 5.78 Å². The summed E-state index contributed by atoms with van der Waals surface area (Å²) in [7, 11) is 0. The molecule has 2 aromatic carbocycles. The van der Waals surface area contributed by atoms with Crippen LogP contribution in [0.15, 0.2) is 71.1 Å². The Morgan fingerprint density at radius 1 is 1.14 bits per heavy atom. The zero-order valence-corrected chi connectivity index (χ0v) is 20.8. The van der Waals surface area contributed by atoms with Crippen LogP contribution in [0.2, 0.25) is 5.02 Å². The number of hydrogen-bond acceptors (Lipinski definition) is 7. The first kappa shape index (κ1) is 25.6. The maximum Gasteiger partial charge on any atom is 0.336 e. The second-order valence-electron chi connectivity index (χ2n) is 8.75. The van der Waals surface area contributed by atoms with Crippen LogP contribution in [-0.4, -0.2) is 36.5 Å². The van der Waals surface area contributed by atoms with E-state index in [4.69, 9.17) is 21.1 Å². The molecular weight excluding hydrogens is 484 g/mol. The third kappa shape index (κ3) is 5.34. The van der Waals surface area contributed by atoms with E-state index in [1.807, 2.05) is 19.1 Å². The molecule has 1 N–H and O–H groups in total. The number of ether oxygens (including phenoxy) is 2. The highest BCUT2D eigenvalue weighted by atomic mass is 35.5. The second kappa shape index (κ2) is 11.1. The molecule has 0 aromatic heterocycles. The summed E-state index contributed by atoms with van der Waals surface area (Å²) in [5, 5.41) is 15.4. The lowest BCUT2D eigenvalue weighted by molar-refractivity contribution is -0.384. The zero-order chi connectivity index (χ0) is 25.8. The number of rotatable bonds is 8. The van der Waals surface area contributed by atoms with Crippen LogP contribution >= 0.6 is 11.6 Å². The molecule has 2 aliphatic rings. The van der Waals surface area contributed by atoms with Gasteiger partial charge in [0.05, 0.1) is 17.1 Å². The van der Waals surface area contributed by atoms with Crippen molar-refractivity contribution in [2.45, 2.75) is 38.5 Å². The van der Waals surface area contributed by atoms with Gasteiger partial charge >= 0.3 is 5.97 Å². The van der Waals surface area contributed by atoms with Crippen molar-refractivity contribution in [1.29, 1.82) is 0 Å². The number of Topliss-reactive ketones (excluding diaryl/α,β-unsaturated/α-hetero) is 1. The second-order valence-corrected chi connectivity index (χ2v) is 9.19. The number of esters is 1. The Morgan fingerprint density at radius 3 is 2.58 bits per heavy atom. The number of ketones is 1. The summed E-state index contributed by atoms with van der Waals surface area (Å²) in [5.41, 5.74) is 3.36. The van der Waals surface area contributed by atoms with Crippen molar-refractivity contribution < 1.29 is 24.0 Å². The molecule has 9 heteroatoms. The Morgan fingerprint density at radius 2 is 1.89 bits per heavy atom. The summed E-state index contributed by atoms with van der Waals surface area (Å²) in [6.45, 7) is 4.40. The summed E-state index contributed by atoms with van der Waals surface area (Å²) >= 11 is 6.04. The number of halogens is 1. The Kier molecular flexibility index (Phi) is 7.86. The van der Waals surface area contributed by atoms with Crippen LogP contribution in [0.4, 0.5) is 5.69 Å². The van der Waals surface area contributed by atoms with Gasteiger partial charge in [-0.2, -0.15) is 0 Å². The van der Waals surface area contributed by atoms with E-state index < -0.39 is 16.8 Å². The fraction of sp³-hybridized carbons (Fsp3) is 0.333. The molecule has 0 amide bonds. The highest BCUT2D eigenvalue weighted by Crippen LogP contribution is 2.46. The van der Waals surface area contributed by atoms with Gasteiger partial charge in [0, 0.05) is 53.1 Å². The van der Waals surface area contributed by atoms with Crippen molar-refractivity contribution in [2.75, 3.05) is 19.8 Å². The highest BCUT2D eigenvalue weighted by molar-refractivity contribution is 6.30. The molecule has 188 valence electrons. The van der Waals surface area contributed by atoms with E-state index in [-0.39, 0.29) is 42.6 Å². The van der Waals surface area contributed by atoms with Crippen molar-refractivity contribution in [3.63, 3.8) is 0 Å². The smallest absolute Gasteiger partial charge is 0.336 e. The van der Waals surface area contributed by atoms with Crippen LogP contribution in [0.3, 0.4) is 0 Å². The number of carbonyl (C=O) groups excluding carboxylic acids is 2. The summed E-state index contributed by atoms with van der Waals surface area (Å²) < 4.78 is 10.7. The number of carbonyl (C=O) groups is 2. The van der Waals surface area contributed by atoms with Gasteiger partial charge in [0.25, 0.3) is 5.69 Å². The van der Waals surface area contributed by atoms with Gasteiger partial charge in [-0.15, -0.1) is 0 Å². The predicted molar refractivity (Wildman–Crippen MR) is 135 cm³/mol. The van der Waals surface area contributed by atoms with Gasteiger partial charge in [-0.25, -0.2) is 4.79 Å². The number of dihydropyridines is 1. The first-order chi connectivity index (χ1) is 17.3. The fourth-order valence-electron chi connectivity index (χ4n) is 4.85. The third-order valence-electron chi connectivity index (χ3n) is 6.47. The fourth-order valence-corrected chi connectivity index (χ4v) is 4.97.